The number of H-pyrrole nitrogens is 1. The van der Waals surface area contributed by atoms with Crippen molar-refractivity contribution < 1.29 is 9.18 Å². The maximum Gasteiger partial charge on any atom is 0.275 e. The number of benzene rings is 1. The van der Waals surface area contributed by atoms with Gasteiger partial charge in [0.15, 0.2) is 5.69 Å². The molecule has 0 bridgehead atoms. The van der Waals surface area contributed by atoms with Crippen molar-refractivity contribution in [3.05, 3.63) is 58.9 Å². The molecule has 7 nitrogen and oxygen atoms in total. The number of halogens is 1. The van der Waals surface area contributed by atoms with Crippen molar-refractivity contribution >= 4 is 11.9 Å². The smallest absolute Gasteiger partial charge is 0.275 e. The highest BCUT2D eigenvalue weighted by molar-refractivity contribution is 5.94. The number of likely N-dealkylation sites (tertiary alicyclic amines) is 1. The number of nitrogens with one attached hydrogen (secondary N) is 1. The molecule has 3 heterocycles. The molecule has 166 valence electrons. The van der Waals surface area contributed by atoms with Crippen LogP contribution in [0.3, 0.4) is 0 Å². The van der Waals surface area contributed by atoms with Crippen molar-refractivity contribution in [2.24, 2.45) is 0 Å². The summed E-state index contributed by atoms with van der Waals surface area (Å²) in [6.07, 6.45) is 7.36. The van der Waals surface area contributed by atoms with Gasteiger partial charge in [0, 0.05) is 43.7 Å². The highest BCUT2D eigenvalue weighted by Crippen LogP contribution is 2.38. The van der Waals surface area contributed by atoms with Gasteiger partial charge in [0.2, 0.25) is 5.95 Å². The molecule has 2 aliphatic rings. The fourth-order valence-electron chi connectivity index (χ4n) is 4.82. The standard InChI is InChI=1S/C24H27FN6O/c1-30(2)24-26-14-18(15-7-5-8-16(25)13-15)21(27-24)20-11-3-4-12-31(20)23(32)22-17-9-6-10-19(17)28-29-22/h5,7-8,13-14,20H,3-4,6,9-12H2,1-2H3,(H,28,29)/t20-/m0/s1. The zero-order valence-electron chi connectivity index (χ0n) is 18.4. The van der Waals surface area contributed by atoms with E-state index in [9.17, 15) is 9.18 Å². The summed E-state index contributed by atoms with van der Waals surface area (Å²) >= 11 is 0. The lowest BCUT2D eigenvalue weighted by molar-refractivity contribution is 0.0599. The van der Waals surface area contributed by atoms with E-state index < -0.39 is 0 Å². The lowest BCUT2D eigenvalue weighted by atomic mass is 9.93. The SMILES string of the molecule is CN(C)c1ncc(-c2cccc(F)c2)c([C@@H]2CCCCN2C(=O)c2n[nH]c3c2CCC3)n1. The lowest BCUT2D eigenvalue weighted by Gasteiger charge is -2.36. The summed E-state index contributed by atoms with van der Waals surface area (Å²) in [5.41, 5.74) is 4.91. The van der Waals surface area contributed by atoms with Crippen LogP contribution in [0.25, 0.3) is 11.1 Å². The van der Waals surface area contributed by atoms with E-state index in [1.165, 1.54) is 12.1 Å². The quantitative estimate of drug-likeness (QED) is 0.673. The van der Waals surface area contributed by atoms with Crippen molar-refractivity contribution in [3.63, 3.8) is 0 Å². The van der Waals surface area contributed by atoms with E-state index in [0.717, 1.165) is 61.0 Å². The Morgan fingerprint density at radius 3 is 2.91 bits per heavy atom. The van der Waals surface area contributed by atoms with Crippen LogP contribution in [0.15, 0.2) is 30.5 Å². The van der Waals surface area contributed by atoms with Gasteiger partial charge in [-0.1, -0.05) is 12.1 Å². The van der Waals surface area contributed by atoms with Gasteiger partial charge in [-0.15, -0.1) is 0 Å². The highest BCUT2D eigenvalue weighted by atomic mass is 19.1. The number of rotatable bonds is 4. The fraction of sp³-hybridized carbons (Fsp3) is 0.417. The molecular formula is C24H27FN6O. The van der Waals surface area contributed by atoms with E-state index in [2.05, 4.69) is 15.2 Å². The molecule has 0 radical (unpaired) electrons. The van der Waals surface area contributed by atoms with Gasteiger partial charge >= 0.3 is 0 Å². The van der Waals surface area contributed by atoms with Gasteiger partial charge in [0.25, 0.3) is 5.91 Å². The molecule has 0 unspecified atom stereocenters. The third-order valence-electron chi connectivity index (χ3n) is 6.43. The van der Waals surface area contributed by atoms with Crippen LogP contribution in [0.2, 0.25) is 0 Å². The van der Waals surface area contributed by atoms with Crippen molar-refractivity contribution in [1.29, 1.82) is 0 Å². The van der Waals surface area contributed by atoms with Crippen LogP contribution in [-0.2, 0) is 12.8 Å². The molecule has 2 aromatic heterocycles. The third-order valence-corrected chi connectivity index (χ3v) is 6.43. The molecule has 0 spiro atoms. The Morgan fingerprint density at radius 2 is 2.09 bits per heavy atom. The first kappa shape index (κ1) is 20.6. The first-order valence-electron chi connectivity index (χ1n) is 11.2. The summed E-state index contributed by atoms with van der Waals surface area (Å²) in [7, 11) is 3.77. The highest BCUT2D eigenvalue weighted by Gasteiger charge is 2.35. The third kappa shape index (κ3) is 3.63. The predicted octanol–water partition coefficient (Wildman–Crippen LogP) is 3.93. The summed E-state index contributed by atoms with van der Waals surface area (Å²) in [5, 5.41) is 7.43. The van der Waals surface area contributed by atoms with Gasteiger partial charge in [-0.3, -0.25) is 9.89 Å². The van der Waals surface area contributed by atoms with E-state index in [0.29, 0.717) is 23.8 Å². The van der Waals surface area contributed by atoms with E-state index in [1.54, 1.807) is 12.3 Å². The number of aromatic amines is 1. The number of piperidine rings is 1. The van der Waals surface area contributed by atoms with Gasteiger partial charge in [0.05, 0.1) is 11.7 Å². The Balaban J connectivity index is 1.59. The first-order chi connectivity index (χ1) is 15.5. The minimum atomic E-state index is -0.311. The number of aromatic nitrogens is 4. The molecule has 1 aliphatic carbocycles. The van der Waals surface area contributed by atoms with Crippen molar-refractivity contribution in [2.75, 3.05) is 25.5 Å². The number of anilines is 1. The number of carbonyl (C=O) groups excluding carboxylic acids is 1. The van der Waals surface area contributed by atoms with Gasteiger partial charge in [-0.25, -0.2) is 14.4 Å². The van der Waals surface area contributed by atoms with Crippen molar-refractivity contribution in [3.8, 4) is 11.1 Å². The molecule has 1 aromatic carbocycles. The minimum Gasteiger partial charge on any atom is -0.347 e. The number of fused-ring (bicyclic) bond motifs is 1. The number of aryl methyl sites for hydroxylation is 1. The maximum atomic E-state index is 14.0. The van der Waals surface area contributed by atoms with Crippen LogP contribution in [0, 0.1) is 5.82 Å². The van der Waals surface area contributed by atoms with Gasteiger partial charge in [0.1, 0.15) is 5.82 Å². The molecule has 5 rings (SSSR count). The van der Waals surface area contributed by atoms with Crippen LogP contribution >= 0.6 is 0 Å². The average Bonchev–Trinajstić information content (AvgIpc) is 3.42. The van der Waals surface area contributed by atoms with Crippen molar-refractivity contribution in [2.45, 2.75) is 44.6 Å². The second-order valence-corrected chi connectivity index (χ2v) is 8.77. The first-order valence-corrected chi connectivity index (χ1v) is 11.2. The number of carbonyl (C=O) groups is 1. The molecule has 32 heavy (non-hydrogen) atoms. The van der Waals surface area contributed by atoms with E-state index >= 15 is 0 Å². The molecule has 1 atom stereocenters. The summed E-state index contributed by atoms with van der Waals surface area (Å²) in [4.78, 5) is 26.7. The predicted molar refractivity (Wildman–Crippen MR) is 120 cm³/mol. The van der Waals surface area contributed by atoms with E-state index in [-0.39, 0.29) is 17.8 Å². The maximum absolute atomic E-state index is 14.0. The number of hydrogen-bond donors (Lipinski definition) is 1. The number of amides is 1. The van der Waals surface area contributed by atoms with Gasteiger partial charge in [-0.05, 0) is 56.2 Å². The Labute approximate surface area is 186 Å². The van der Waals surface area contributed by atoms with E-state index in [4.69, 9.17) is 4.98 Å². The Bertz CT molecular complexity index is 1160. The summed E-state index contributed by atoms with van der Waals surface area (Å²) in [5.74, 6) is 0.205. The van der Waals surface area contributed by atoms with Crippen LogP contribution in [0.1, 0.15) is 59.2 Å². The second kappa shape index (κ2) is 8.33. The summed E-state index contributed by atoms with van der Waals surface area (Å²) in [6.45, 7) is 0.648. The molecule has 8 heteroatoms. The largest absolute Gasteiger partial charge is 0.347 e. The molecule has 1 N–H and O–H groups in total. The molecular weight excluding hydrogens is 407 g/mol. The lowest BCUT2D eigenvalue weighted by Crippen LogP contribution is -2.40. The number of hydrogen-bond acceptors (Lipinski definition) is 5. The normalized spacial score (nSPS) is 18.0. The minimum absolute atomic E-state index is 0.0516. The fourth-order valence-corrected chi connectivity index (χ4v) is 4.82. The summed E-state index contributed by atoms with van der Waals surface area (Å²) in [6, 6.07) is 6.24. The summed E-state index contributed by atoms with van der Waals surface area (Å²) < 4.78 is 14.0. The Morgan fingerprint density at radius 1 is 1.22 bits per heavy atom. The zero-order valence-corrected chi connectivity index (χ0v) is 18.4. The van der Waals surface area contributed by atoms with Gasteiger partial charge in [-0.2, -0.15) is 5.10 Å². The zero-order chi connectivity index (χ0) is 22.2. The second-order valence-electron chi connectivity index (χ2n) is 8.77. The molecule has 1 saturated heterocycles. The average molecular weight is 435 g/mol. The topological polar surface area (TPSA) is 78.0 Å². The van der Waals surface area contributed by atoms with Crippen LogP contribution in [0.4, 0.5) is 10.3 Å². The Hall–Kier alpha value is -3.29. The van der Waals surface area contributed by atoms with Crippen LogP contribution in [-0.4, -0.2) is 51.6 Å². The Kier molecular flexibility index (Phi) is 5.36. The van der Waals surface area contributed by atoms with Crippen molar-refractivity contribution in [1.82, 2.24) is 25.1 Å². The molecule has 1 aliphatic heterocycles. The van der Waals surface area contributed by atoms with Gasteiger partial charge < -0.3 is 9.80 Å². The molecule has 0 saturated carbocycles. The number of nitrogens with zero attached hydrogens (tertiary/aromatic N) is 5. The van der Waals surface area contributed by atoms with Crippen LogP contribution < -0.4 is 4.90 Å². The van der Waals surface area contributed by atoms with E-state index in [1.807, 2.05) is 30.0 Å². The monoisotopic (exact) mass is 434 g/mol. The molecule has 3 aromatic rings. The van der Waals surface area contributed by atoms with Crippen LogP contribution in [0.5, 0.6) is 0 Å². The molecule has 1 amide bonds. The molecule has 1 fully saturated rings.